The normalized spacial score (nSPS) is 20.9. The summed E-state index contributed by atoms with van der Waals surface area (Å²) in [5.74, 6) is 0. The fourth-order valence-electron chi connectivity index (χ4n) is 1.74. The molecular weight excluding hydrogens is 150 g/mol. The van der Waals surface area contributed by atoms with Crippen LogP contribution in [-0.4, -0.2) is 11.6 Å². The Morgan fingerprint density at radius 2 is 2.58 bits per heavy atom. The standard InChI is InChI=1S/C10H13NO/c1-2-12-9-6-5-8-4-3-7-11-10(8)9/h3-4,7,9H,2,5-6H2,1H3. The fraction of sp³-hybridized carbons (Fsp3) is 0.500. The lowest BCUT2D eigenvalue weighted by molar-refractivity contribution is 0.0613. The third-order valence-electron chi connectivity index (χ3n) is 2.27. The second kappa shape index (κ2) is 3.23. The Morgan fingerprint density at radius 3 is 3.42 bits per heavy atom. The highest BCUT2D eigenvalue weighted by atomic mass is 16.5. The van der Waals surface area contributed by atoms with Gasteiger partial charge in [-0.1, -0.05) is 6.07 Å². The molecule has 0 amide bonds. The molecular formula is C10H13NO. The molecule has 1 atom stereocenters. The van der Waals surface area contributed by atoms with Crippen molar-refractivity contribution in [3.05, 3.63) is 29.6 Å². The van der Waals surface area contributed by atoms with Crippen molar-refractivity contribution in [2.75, 3.05) is 6.61 Å². The Labute approximate surface area is 72.6 Å². The van der Waals surface area contributed by atoms with E-state index in [2.05, 4.69) is 11.1 Å². The summed E-state index contributed by atoms with van der Waals surface area (Å²) in [4.78, 5) is 4.33. The van der Waals surface area contributed by atoms with Crippen LogP contribution in [0.3, 0.4) is 0 Å². The quantitative estimate of drug-likeness (QED) is 0.666. The molecule has 0 N–H and O–H groups in total. The molecule has 0 saturated carbocycles. The van der Waals surface area contributed by atoms with Crippen molar-refractivity contribution >= 4 is 0 Å². The summed E-state index contributed by atoms with van der Waals surface area (Å²) >= 11 is 0. The van der Waals surface area contributed by atoms with Gasteiger partial charge in [0.05, 0.1) is 11.8 Å². The van der Waals surface area contributed by atoms with Crippen molar-refractivity contribution in [2.24, 2.45) is 0 Å². The Balaban J connectivity index is 2.24. The minimum absolute atomic E-state index is 0.256. The van der Waals surface area contributed by atoms with Crippen LogP contribution in [0.15, 0.2) is 18.3 Å². The first-order valence-electron chi connectivity index (χ1n) is 4.47. The predicted molar refractivity (Wildman–Crippen MR) is 46.9 cm³/mol. The molecule has 1 aromatic heterocycles. The van der Waals surface area contributed by atoms with Crippen molar-refractivity contribution in [1.82, 2.24) is 4.98 Å². The summed E-state index contributed by atoms with van der Waals surface area (Å²) in [5.41, 5.74) is 2.51. The first-order valence-corrected chi connectivity index (χ1v) is 4.47. The second-order valence-electron chi connectivity index (χ2n) is 3.03. The van der Waals surface area contributed by atoms with E-state index >= 15 is 0 Å². The zero-order chi connectivity index (χ0) is 8.39. The maximum Gasteiger partial charge on any atom is 0.1000 e. The second-order valence-corrected chi connectivity index (χ2v) is 3.03. The first-order chi connectivity index (χ1) is 5.92. The van der Waals surface area contributed by atoms with Crippen LogP contribution >= 0.6 is 0 Å². The average molecular weight is 163 g/mol. The zero-order valence-electron chi connectivity index (χ0n) is 7.29. The Kier molecular flexibility index (Phi) is 2.09. The number of hydrogen-bond donors (Lipinski definition) is 0. The molecule has 2 heteroatoms. The number of rotatable bonds is 2. The summed E-state index contributed by atoms with van der Waals surface area (Å²) < 4.78 is 5.57. The lowest BCUT2D eigenvalue weighted by Gasteiger charge is -2.09. The third kappa shape index (κ3) is 1.23. The molecule has 0 bridgehead atoms. The van der Waals surface area contributed by atoms with Crippen LogP contribution in [0, 0.1) is 0 Å². The first kappa shape index (κ1) is 7.74. The number of pyridine rings is 1. The van der Waals surface area contributed by atoms with E-state index in [1.807, 2.05) is 19.2 Å². The maximum atomic E-state index is 5.57. The molecule has 0 saturated heterocycles. The van der Waals surface area contributed by atoms with Gasteiger partial charge in [-0.25, -0.2) is 0 Å². The molecule has 0 aliphatic heterocycles. The molecule has 2 rings (SSSR count). The summed E-state index contributed by atoms with van der Waals surface area (Å²) in [5, 5.41) is 0. The van der Waals surface area contributed by atoms with E-state index in [1.165, 1.54) is 5.56 Å². The van der Waals surface area contributed by atoms with Crippen molar-refractivity contribution < 1.29 is 4.74 Å². The molecule has 1 aromatic rings. The minimum atomic E-state index is 0.256. The molecule has 1 aliphatic rings. The van der Waals surface area contributed by atoms with Gasteiger partial charge in [0.2, 0.25) is 0 Å². The number of ether oxygens (including phenoxy) is 1. The predicted octanol–water partition coefficient (Wildman–Crippen LogP) is 2.11. The molecule has 0 fully saturated rings. The van der Waals surface area contributed by atoms with Gasteiger partial charge < -0.3 is 4.74 Å². The SMILES string of the molecule is CCOC1CCc2cccnc21. The largest absolute Gasteiger partial charge is 0.372 e. The highest BCUT2D eigenvalue weighted by Crippen LogP contribution is 2.31. The summed E-state index contributed by atoms with van der Waals surface area (Å²) in [6.07, 6.45) is 4.32. The van der Waals surface area contributed by atoms with Crippen LogP contribution in [0.25, 0.3) is 0 Å². The highest BCUT2D eigenvalue weighted by Gasteiger charge is 2.23. The fourth-order valence-corrected chi connectivity index (χ4v) is 1.74. The van der Waals surface area contributed by atoms with Crippen LogP contribution < -0.4 is 0 Å². The van der Waals surface area contributed by atoms with Crippen molar-refractivity contribution in [2.45, 2.75) is 25.9 Å². The van der Waals surface area contributed by atoms with Gasteiger partial charge in [0, 0.05) is 12.8 Å². The van der Waals surface area contributed by atoms with Crippen LogP contribution in [0.1, 0.15) is 30.7 Å². The zero-order valence-corrected chi connectivity index (χ0v) is 7.29. The van der Waals surface area contributed by atoms with E-state index in [0.717, 1.165) is 25.1 Å². The molecule has 12 heavy (non-hydrogen) atoms. The topological polar surface area (TPSA) is 22.1 Å². The molecule has 0 spiro atoms. The van der Waals surface area contributed by atoms with Crippen molar-refractivity contribution in [1.29, 1.82) is 0 Å². The monoisotopic (exact) mass is 163 g/mol. The number of nitrogens with zero attached hydrogens (tertiary/aromatic N) is 1. The van der Waals surface area contributed by atoms with Gasteiger partial charge in [-0.05, 0) is 31.4 Å². The number of fused-ring (bicyclic) bond motifs is 1. The van der Waals surface area contributed by atoms with Gasteiger partial charge in [-0.2, -0.15) is 0 Å². The molecule has 64 valence electrons. The summed E-state index contributed by atoms with van der Waals surface area (Å²) in [7, 11) is 0. The number of hydrogen-bond acceptors (Lipinski definition) is 2. The van der Waals surface area contributed by atoms with Crippen molar-refractivity contribution in [3.63, 3.8) is 0 Å². The smallest absolute Gasteiger partial charge is 0.1000 e. The lowest BCUT2D eigenvalue weighted by Crippen LogP contribution is -2.01. The number of aromatic nitrogens is 1. The van der Waals surface area contributed by atoms with Gasteiger partial charge in [0.25, 0.3) is 0 Å². The van der Waals surface area contributed by atoms with E-state index in [1.54, 1.807) is 0 Å². The molecule has 2 nitrogen and oxygen atoms in total. The third-order valence-corrected chi connectivity index (χ3v) is 2.27. The van der Waals surface area contributed by atoms with E-state index in [9.17, 15) is 0 Å². The van der Waals surface area contributed by atoms with Gasteiger partial charge in [0.15, 0.2) is 0 Å². The Bertz CT molecular complexity index is 270. The molecule has 1 unspecified atom stereocenters. The van der Waals surface area contributed by atoms with Crippen LogP contribution in [0.2, 0.25) is 0 Å². The molecule has 0 aromatic carbocycles. The Morgan fingerprint density at radius 1 is 1.67 bits per heavy atom. The van der Waals surface area contributed by atoms with Crippen LogP contribution in [0.4, 0.5) is 0 Å². The van der Waals surface area contributed by atoms with E-state index in [-0.39, 0.29) is 6.10 Å². The minimum Gasteiger partial charge on any atom is -0.372 e. The van der Waals surface area contributed by atoms with Gasteiger partial charge in [0.1, 0.15) is 0 Å². The van der Waals surface area contributed by atoms with Gasteiger partial charge in [-0.3, -0.25) is 4.98 Å². The lowest BCUT2D eigenvalue weighted by atomic mass is 10.2. The molecule has 0 radical (unpaired) electrons. The van der Waals surface area contributed by atoms with E-state index in [0.29, 0.717) is 0 Å². The molecule has 1 aliphatic carbocycles. The number of aryl methyl sites for hydroxylation is 1. The average Bonchev–Trinajstić information content (AvgIpc) is 2.50. The Hall–Kier alpha value is -0.890. The van der Waals surface area contributed by atoms with Gasteiger partial charge in [-0.15, -0.1) is 0 Å². The summed E-state index contributed by atoms with van der Waals surface area (Å²) in [6.45, 7) is 2.81. The van der Waals surface area contributed by atoms with Crippen molar-refractivity contribution in [3.8, 4) is 0 Å². The van der Waals surface area contributed by atoms with E-state index < -0.39 is 0 Å². The maximum absolute atomic E-state index is 5.57. The van der Waals surface area contributed by atoms with Crippen LogP contribution in [-0.2, 0) is 11.2 Å². The van der Waals surface area contributed by atoms with E-state index in [4.69, 9.17) is 4.74 Å². The summed E-state index contributed by atoms with van der Waals surface area (Å²) in [6, 6.07) is 4.13. The highest BCUT2D eigenvalue weighted by molar-refractivity contribution is 5.26. The van der Waals surface area contributed by atoms with Gasteiger partial charge >= 0.3 is 0 Å². The van der Waals surface area contributed by atoms with Crippen LogP contribution in [0.5, 0.6) is 0 Å². The molecule has 1 heterocycles.